The highest BCUT2D eigenvalue weighted by molar-refractivity contribution is 5.98. The highest BCUT2D eigenvalue weighted by Crippen LogP contribution is 2.47. The molecule has 0 aromatic heterocycles. The molecule has 366 valence electrons. The van der Waals surface area contributed by atoms with Gasteiger partial charge in [-0.1, -0.05) is 86.2 Å². The van der Waals surface area contributed by atoms with E-state index in [1.807, 2.05) is 18.0 Å². The predicted octanol–water partition coefficient (Wildman–Crippen LogP) is 10.7. The number of piperidine rings is 1. The number of hydrogen-bond acceptors (Lipinski definition) is 7. The molecule has 0 saturated carbocycles. The Hall–Kier alpha value is -5.22. The molecule has 0 radical (unpaired) electrons. The number of nitrogens with one attached hydrogen (secondary N) is 1. The highest BCUT2D eigenvalue weighted by atomic mass is 16.5. The second-order valence-electron chi connectivity index (χ2n) is 20.6. The van der Waals surface area contributed by atoms with Crippen molar-refractivity contribution in [2.24, 2.45) is 11.7 Å². The van der Waals surface area contributed by atoms with Gasteiger partial charge in [-0.05, 0) is 162 Å². The van der Waals surface area contributed by atoms with Crippen molar-refractivity contribution in [1.29, 1.82) is 0 Å². The minimum Gasteiger partial charge on any atom is -0.488 e. The zero-order chi connectivity index (χ0) is 48.8. The molecule has 3 saturated heterocycles. The maximum absolute atomic E-state index is 12.3. The van der Waals surface area contributed by atoms with Crippen LogP contribution in [0.1, 0.15) is 135 Å². The fourth-order valence-electron chi connectivity index (χ4n) is 10.4. The summed E-state index contributed by atoms with van der Waals surface area (Å²) in [7, 11) is 3.39. The quantitative estimate of drug-likeness (QED) is 0.145. The van der Waals surface area contributed by atoms with Gasteiger partial charge in [-0.15, -0.1) is 6.58 Å². The average molecular weight is 923 g/mol. The molecule has 0 bridgehead atoms. The number of carbonyl (C=O) groups excluding carboxylic acids is 2. The third-order valence-corrected chi connectivity index (χ3v) is 13.7. The number of anilines is 1. The lowest BCUT2D eigenvalue weighted by molar-refractivity contribution is -0.121. The van der Waals surface area contributed by atoms with Gasteiger partial charge in [0.2, 0.25) is 5.91 Å². The molecule has 9 heteroatoms. The first-order valence-electron chi connectivity index (χ1n) is 25.5. The summed E-state index contributed by atoms with van der Waals surface area (Å²) in [5, 5.41) is 2.65. The topological polar surface area (TPSA) is 94.4 Å². The molecule has 68 heavy (non-hydrogen) atoms. The number of hydrogen-bond donors (Lipinski definition) is 2. The standard InChI is InChI=1S/C46H56N4O2.C6H9NO.C6H12.CH5N/c1-46(2,3)52-40-17-20-42-37(28-40)14-19-41(35-9-6-5-7-10-35)44(42)36-12-15-39(16-13-36)50-30-34(31-50)29-49-23-8-22-48(25-26-49)24-21-33-11-18-43-38(27-33)32-47(4)45(43)51;1-5-3-2-4-6(8)7-5;1-4-5-6(2)3;1-2/h5-7,9-13,15-18,20,27-28,34,41,44H,8,14,19,21-26,29-32H2,1-4H3;1-4H2,(H,7,8);2,4-5H2,1,3H3;2H2,1H3. The number of rotatable bonds is 11. The minimum atomic E-state index is -0.207. The number of fused-ring (bicyclic) bond motifs is 2. The van der Waals surface area contributed by atoms with Gasteiger partial charge in [-0.2, -0.15) is 0 Å². The average Bonchev–Trinajstić information content (AvgIpc) is 3.42. The predicted molar refractivity (Wildman–Crippen MR) is 283 cm³/mol. The molecule has 9 nitrogen and oxygen atoms in total. The van der Waals surface area contributed by atoms with Crippen LogP contribution in [0.4, 0.5) is 5.69 Å². The van der Waals surface area contributed by atoms with Gasteiger partial charge in [0, 0.05) is 88.1 Å². The van der Waals surface area contributed by atoms with E-state index in [9.17, 15) is 9.59 Å². The molecule has 4 aliphatic heterocycles. The number of amides is 2. The summed E-state index contributed by atoms with van der Waals surface area (Å²) in [5.74, 6) is 2.76. The highest BCUT2D eigenvalue weighted by Gasteiger charge is 2.34. The van der Waals surface area contributed by atoms with Crippen LogP contribution in [0.25, 0.3) is 0 Å². The van der Waals surface area contributed by atoms with Gasteiger partial charge in [-0.3, -0.25) is 9.59 Å². The van der Waals surface area contributed by atoms with Crippen molar-refractivity contribution in [3.63, 3.8) is 0 Å². The molecule has 4 aromatic rings. The zero-order valence-corrected chi connectivity index (χ0v) is 42.6. The van der Waals surface area contributed by atoms with E-state index >= 15 is 0 Å². The molecular formula is C59H82N6O3. The Morgan fingerprint density at radius 2 is 1.54 bits per heavy atom. The molecule has 5 aliphatic rings. The van der Waals surface area contributed by atoms with E-state index in [4.69, 9.17) is 4.74 Å². The van der Waals surface area contributed by atoms with Gasteiger partial charge < -0.3 is 35.4 Å². The Morgan fingerprint density at radius 3 is 2.19 bits per heavy atom. The fraction of sp³-hybridized carbons (Fsp3) is 0.492. The van der Waals surface area contributed by atoms with Crippen molar-refractivity contribution in [1.82, 2.24) is 20.0 Å². The van der Waals surface area contributed by atoms with E-state index in [2.05, 4.69) is 158 Å². The number of allylic oxidation sites excluding steroid dienone is 2. The van der Waals surface area contributed by atoms with Gasteiger partial charge in [0.1, 0.15) is 11.4 Å². The summed E-state index contributed by atoms with van der Waals surface area (Å²) in [4.78, 5) is 32.5. The van der Waals surface area contributed by atoms with Crippen molar-refractivity contribution < 1.29 is 14.3 Å². The Balaban J connectivity index is 0.000000408. The van der Waals surface area contributed by atoms with E-state index in [-0.39, 0.29) is 17.4 Å². The summed E-state index contributed by atoms with van der Waals surface area (Å²) < 4.78 is 6.27. The summed E-state index contributed by atoms with van der Waals surface area (Å²) in [6.45, 7) is 28.0. The van der Waals surface area contributed by atoms with Crippen LogP contribution < -0.4 is 20.7 Å². The molecule has 0 spiro atoms. The van der Waals surface area contributed by atoms with Crippen molar-refractivity contribution in [2.75, 3.05) is 71.4 Å². The Labute approximate surface area is 409 Å². The normalized spacial score (nSPS) is 19.6. The number of benzene rings is 4. The lowest BCUT2D eigenvalue weighted by Crippen LogP contribution is -2.52. The Kier molecular flexibility index (Phi) is 19.1. The van der Waals surface area contributed by atoms with Crippen molar-refractivity contribution in [3.05, 3.63) is 154 Å². The fourth-order valence-corrected chi connectivity index (χ4v) is 10.4. The minimum absolute atomic E-state index is 0.112. The molecule has 9 rings (SSSR count). The molecule has 4 heterocycles. The molecule has 4 aromatic carbocycles. The molecule has 2 atom stereocenters. The number of nitrogens with two attached hydrogens (primary N) is 1. The first-order chi connectivity index (χ1) is 32.7. The van der Waals surface area contributed by atoms with E-state index in [0.717, 1.165) is 94.3 Å². The van der Waals surface area contributed by atoms with Gasteiger partial charge in [0.05, 0.1) is 0 Å². The van der Waals surface area contributed by atoms with Crippen LogP contribution >= 0.6 is 0 Å². The maximum atomic E-state index is 12.3. The van der Waals surface area contributed by atoms with Crippen LogP contribution in [-0.2, 0) is 24.2 Å². The van der Waals surface area contributed by atoms with Crippen LogP contribution in [0.3, 0.4) is 0 Å². The number of carbonyl (C=O) groups is 2. The van der Waals surface area contributed by atoms with E-state index in [1.165, 1.54) is 90.6 Å². The second-order valence-corrected chi connectivity index (χ2v) is 20.6. The number of aryl methyl sites for hydroxylation is 1. The lowest BCUT2D eigenvalue weighted by Gasteiger charge is -2.43. The van der Waals surface area contributed by atoms with Gasteiger partial charge in [0.15, 0.2) is 0 Å². The summed E-state index contributed by atoms with van der Waals surface area (Å²) in [5.41, 5.74) is 16.9. The molecule has 1 aliphatic carbocycles. The van der Waals surface area contributed by atoms with Crippen molar-refractivity contribution >= 4 is 17.5 Å². The van der Waals surface area contributed by atoms with Crippen LogP contribution in [0.15, 0.2) is 115 Å². The number of ether oxygens (including phenoxy) is 1. The third-order valence-electron chi connectivity index (χ3n) is 13.7. The van der Waals surface area contributed by atoms with E-state index in [0.29, 0.717) is 18.3 Å². The maximum Gasteiger partial charge on any atom is 0.254 e. The molecule has 3 fully saturated rings. The first-order valence-corrected chi connectivity index (χ1v) is 25.5. The first kappa shape index (κ1) is 52.2. The van der Waals surface area contributed by atoms with Crippen LogP contribution in [0, 0.1) is 5.92 Å². The van der Waals surface area contributed by atoms with Gasteiger partial charge >= 0.3 is 0 Å². The third kappa shape index (κ3) is 14.6. The van der Waals surface area contributed by atoms with Gasteiger partial charge in [0.25, 0.3) is 5.91 Å². The smallest absolute Gasteiger partial charge is 0.254 e. The van der Waals surface area contributed by atoms with Crippen molar-refractivity contribution in [2.45, 2.75) is 116 Å². The SMILES string of the molecule is C=C(C)CCC.C=C1CCCC(=O)N1.CN.CN1Cc2cc(CCN3CCCN(CC4CN(c5ccc(C6c7ccc(OC(C)(C)C)cc7CCC6c6ccccc6)cc5)C4)CC3)ccc2C1=O. The van der Waals surface area contributed by atoms with E-state index in [1.54, 1.807) is 0 Å². The summed E-state index contributed by atoms with van der Waals surface area (Å²) in [6, 6.07) is 34.0. The van der Waals surface area contributed by atoms with Crippen LogP contribution in [0.5, 0.6) is 5.75 Å². The Morgan fingerprint density at radius 1 is 0.824 bits per heavy atom. The molecule has 2 unspecified atom stereocenters. The van der Waals surface area contributed by atoms with Gasteiger partial charge in [-0.25, -0.2) is 0 Å². The zero-order valence-electron chi connectivity index (χ0n) is 42.6. The van der Waals surface area contributed by atoms with Crippen LogP contribution in [0.2, 0.25) is 0 Å². The number of nitrogens with zero attached hydrogens (tertiary/aromatic N) is 4. The monoisotopic (exact) mass is 923 g/mol. The summed E-state index contributed by atoms with van der Waals surface area (Å²) in [6.07, 6.45) is 9.49. The van der Waals surface area contributed by atoms with Crippen molar-refractivity contribution in [3.8, 4) is 5.75 Å². The molecule has 3 N–H and O–H groups in total. The lowest BCUT2D eigenvalue weighted by atomic mass is 9.69. The Bertz CT molecular complexity index is 2260. The van der Waals surface area contributed by atoms with E-state index < -0.39 is 0 Å². The summed E-state index contributed by atoms with van der Waals surface area (Å²) >= 11 is 0. The molecule has 2 amide bonds. The van der Waals surface area contributed by atoms with Crippen LogP contribution in [-0.4, -0.2) is 98.6 Å². The second kappa shape index (κ2) is 24.9. The molecular weight excluding hydrogens is 841 g/mol. The largest absolute Gasteiger partial charge is 0.488 e.